The summed E-state index contributed by atoms with van der Waals surface area (Å²) in [7, 11) is 0. The van der Waals surface area contributed by atoms with E-state index >= 15 is 0 Å². The first-order valence-electron chi connectivity index (χ1n) is 9.39. The maximum atomic E-state index is 12.4. The summed E-state index contributed by atoms with van der Waals surface area (Å²) in [5, 5.41) is 2.91. The molecule has 28 heavy (non-hydrogen) atoms. The van der Waals surface area contributed by atoms with E-state index in [1.807, 2.05) is 45.9 Å². The minimum absolute atomic E-state index is 0.0761. The van der Waals surface area contributed by atoms with Gasteiger partial charge in [0, 0.05) is 23.3 Å². The second-order valence-electron chi connectivity index (χ2n) is 6.38. The predicted octanol–water partition coefficient (Wildman–Crippen LogP) is 4.29. The molecule has 0 saturated heterocycles. The number of aromatic nitrogens is 1. The molecular weight excluding hydrogens is 424 g/mol. The summed E-state index contributed by atoms with van der Waals surface area (Å²) in [6.45, 7) is 9.20. The van der Waals surface area contributed by atoms with E-state index in [4.69, 9.17) is 14.2 Å². The summed E-state index contributed by atoms with van der Waals surface area (Å²) in [5.74, 6) is 1.79. The van der Waals surface area contributed by atoms with Crippen molar-refractivity contribution in [1.82, 2.24) is 10.3 Å². The van der Waals surface area contributed by atoms with E-state index in [2.05, 4.69) is 26.2 Å². The molecule has 2 aromatic rings. The Bertz CT molecular complexity index is 779. The maximum Gasteiger partial charge on any atom is 0.224 e. The molecule has 0 unspecified atom stereocenters. The molecule has 0 aliphatic carbocycles. The Labute approximate surface area is 174 Å². The molecule has 0 spiro atoms. The fraction of sp³-hybridized carbons (Fsp3) is 0.429. The molecular formula is C21H27BrN2O4. The number of rotatable bonds is 10. The summed E-state index contributed by atoms with van der Waals surface area (Å²) >= 11 is 3.51. The molecule has 6 nitrogen and oxygen atoms in total. The van der Waals surface area contributed by atoms with Crippen molar-refractivity contribution in [2.75, 3.05) is 13.2 Å². The van der Waals surface area contributed by atoms with E-state index in [9.17, 15) is 4.79 Å². The number of halogens is 1. The van der Waals surface area contributed by atoms with Crippen LogP contribution in [-0.4, -0.2) is 30.2 Å². The van der Waals surface area contributed by atoms with Gasteiger partial charge >= 0.3 is 0 Å². The second-order valence-corrected chi connectivity index (χ2v) is 7.24. The second kappa shape index (κ2) is 10.9. The number of hydrogen-bond donors (Lipinski definition) is 1. The lowest BCUT2D eigenvalue weighted by molar-refractivity contribution is -0.120. The number of ether oxygens (including phenoxy) is 3. The van der Waals surface area contributed by atoms with Crippen molar-refractivity contribution < 1.29 is 19.0 Å². The smallest absolute Gasteiger partial charge is 0.224 e. The zero-order valence-electron chi connectivity index (χ0n) is 16.8. The van der Waals surface area contributed by atoms with Crippen LogP contribution in [0, 0.1) is 0 Å². The van der Waals surface area contributed by atoms with Crippen molar-refractivity contribution in [2.24, 2.45) is 0 Å². The summed E-state index contributed by atoms with van der Waals surface area (Å²) in [6, 6.07) is 7.39. The van der Waals surface area contributed by atoms with Gasteiger partial charge in [-0.15, -0.1) is 0 Å². The molecule has 0 bridgehead atoms. The third kappa shape index (κ3) is 6.71. The Morgan fingerprint density at radius 2 is 1.82 bits per heavy atom. The van der Waals surface area contributed by atoms with Crippen molar-refractivity contribution >= 4 is 21.8 Å². The van der Waals surface area contributed by atoms with Crippen molar-refractivity contribution in [3.63, 3.8) is 0 Å². The lowest BCUT2D eigenvalue weighted by Gasteiger charge is -2.14. The number of amides is 1. The summed E-state index contributed by atoms with van der Waals surface area (Å²) in [4.78, 5) is 16.6. The van der Waals surface area contributed by atoms with Gasteiger partial charge in [-0.05, 0) is 51.0 Å². The molecule has 0 saturated carbocycles. The highest BCUT2D eigenvalue weighted by atomic mass is 79.9. The average molecular weight is 451 g/mol. The molecule has 0 aliphatic heterocycles. The Hall–Kier alpha value is -2.28. The van der Waals surface area contributed by atoms with Crippen LogP contribution in [0.1, 0.15) is 38.8 Å². The highest BCUT2D eigenvalue weighted by molar-refractivity contribution is 9.10. The first kappa shape index (κ1) is 22.0. The minimum Gasteiger partial charge on any atom is -0.490 e. The van der Waals surface area contributed by atoms with E-state index < -0.39 is 0 Å². The SMILES string of the molecule is CCOc1cc(Br)c(CC(=O)NCc2ccc(OC(C)C)nc2)cc1OCC. The highest BCUT2D eigenvalue weighted by Gasteiger charge is 2.13. The van der Waals surface area contributed by atoms with Gasteiger partial charge in [0.25, 0.3) is 0 Å². The van der Waals surface area contributed by atoms with Crippen molar-refractivity contribution in [3.05, 3.63) is 46.1 Å². The fourth-order valence-corrected chi connectivity index (χ4v) is 2.97. The molecule has 152 valence electrons. The number of nitrogens with zero attached hydrogens (tertiary/aromatic N) is 1. The molecule has 0 atom stereocenters. The van der Waals surface area contributed by atoms with Gasteiger partial charge in [-0.3, -0.25) is 4.79 Å². The van der Waals surface area contributed by atoms with Crippen LogP contribution in [0.4, 0.5) is 0 Å². The third-order valence-corrected chi connectivity index (χ3v) is 4.45. The van der Waals surface area contributed by atoms with Crippen LogP contribution in [-0.2, 0) is 17.8 Å². The van der Waals surface area contributed by atoms with E-state index in [-0.39, 0.29) is 18.4 Å². The van der Waals surface area contributed by atoms with Crippen molar-refractivity contribution in [3.8, 4) is 17.4 Å². The van der Waals surface area contributed by atoms with Crippen molar-refractivity contribution in [2.45, 2.75) is 46.8 Å². The summed E-state index contributed by atoms with van der Waals surface area (Å²) in [5.41, 5.74) is 1.74. The maximum absolute atomic E-state index is 12.4. The topological polar surface area (TPSA) is 69.7 Å². The first-order chi connectivity index (χ1) is 13.4. The average Bonchev–Trinajstić information content (AvgIpc) is 2.65. The molecule has 1 aromatic heterocycles. The monoisotopic (exact) mass is 450 g/mol. The van der Waals surface area contributed by atoms with E-state index in [0.29, 0.717) is 37.1 Å². The molecule has 0 radical (unpaired) electrons. The van der Waals surface area contributed by atoms with E-state index in [0.717, 1.165) is 15.6 Å². The van der Waals surface area contributed by atoms with Gasteiger partial charge in [0.15, 0.2) is 11.5 Å². The number of carbonyl (C=O) groups excluding carboxylic acids is 1. The van der Waals surface area contributed by atoms with Gasteiger partial charge in [-0.2, -0.15) is 0 Å². The molecule has 1 heterocycles. The molecule has 0 aliphatic rings. The first-order valence-corrected chi connectivity index (χ1v) is 10.2. The molecule has 1 amide bonds. The van der Waals surface area contributed by atoms with Crippen LogP contribution < -0.4 is 19.5 Å². The van der Waals surface area contributed by atoms with E-state index in [1.165, 1.54) is 0 Å². The Morgan fingerprint density at radius 1 is 1.14 bits per heavy atom. The molecule has 7 heteroatoms. The molecule has 1 aromatic carbocycles. The Balaban J connectivity index is 1.97. The van der Waals surface area contributed by atoms with E-state index in [1.54, 1.807) is 12.3 Å². The predicted molar refractivity (Wildman–Crippen MR) is 112 cm³/mol. The molecule has 0 fully saturated rings. The zero-order chi connectivity index (χ0) is 20.5. The van der Waals surface area contributed by atoms with Gasteiger partial charge in [0.05, 0.1) is 25.7 Å². The van der Waals surface area contributed by atoms with Crippen LogP contribution in [0.25, 0.3) is 0 Å². The summed E-state index contributed by atoms with van der Waals surface area (Å²) < 4.78 is 17.6. The zero-order valence-corrected chi connectivity index (χ0v) is 18.3. The highest BCUT2D eigenvalue weighted by Crippen LogP contribution is 2.34. The van der Waals surface area contributed by atoms with Crippen LogP contribution in [0.15, 0.2) is 34.9 Å². The number of benzene rings is 1. The van der Waals surface area contributed by atoms with Gasteiger partial charge < -0.3 is 19.5 Å². The molecule has 2 rings (SSSR count). The fourth-order valence-electron chi connectivity index (χ4n) is 2.51. The number of pyridine rings is 1. The normalized spacial score (nSPS) is 10.6. The van der Waals surface area contributed by atoms with Gasteiger partial charge in [0.1, 0.15) is 0 Å². The van der Waals surface area contributed by atoms with Crippen LogP contribution in [0.2, 0.25) is 0 Å². The van der Waals surface area contributed by atoms with Crippen LogP contribution in [0.3, 0.4) is 0 Å². The largest absolute Gasteiger partial charge is 0.490 e. The number of carbonyl (C=O) groups is 1. The lowest BCUT2D eigenvalue weighted by atomic mass is 10.1. The number of hydrogen-bond acceptors (Lipinski definition) is 5. The van der Waals surface area contributed by atoms with Gasteiger partial charge in [-0.25, -0.2) is 4.98 Å². The van der Waals surface area contributed by atoms with Gasteiger partial charge in [0.2, 0.25) is 11.8 Å². The molecule has 1 N–H and O–H groups in total. The Morgan fingerprint density at radius 3 is 2.39 bits per heavy atom. The summed E-state index contributed by atoms with van der Waals surface area (Å²) in [6.07, 6.45) is 2.01. The van der Waals surface area contributed by atoms with Gasteiger partial charge in [-0.1, -0.05) is 22.0 Å². The lowest BCUT2D eigenvalue weighted by Crippen LogP contribution is -2.24. The quantitative estimate of drug-likeness (QED) is 0.584. The van der Waals surface area contributed by atoms with Crippen LogP contribution >= 0.6 is 15.9 Å². The standard InChI is InChI=1S/C21H27BrN2O4/c1-5-26-18-9-16(17(22)11-19(18)27-6-2)10-20(25)23-12-15-7-8-21(24-13-15)28-14(3)4/h7-9,11,13-14H,5-6,10,12H2,1-4H3,(H,23,25). The van der Waals surface area contributed by atoms with Crippen LogP contribution in [0.5, 0.6) is 17.4 Å². The minimum atomic E-state index is -0.0881. The Kier molecular flexibility index (Phi) is 8.57. The number of nitrogens with one attached hydrogen (secondary N) is 1. The third-order valence-electron chi connectivity index (χ3n) is 3.71. The van der Waals surface area contributed by atoms with Crippen molar-refractivity contribution in [1.29, 1.82) is 0 Å².